The number of nitrogens with one attached hydrogen (secondary N) is 2. The van der Waals surface area contributed by atoms with E-state index in [1.165, 1.54) is 5.56 Å². The monoisotopic (exact) mass is 521 g/mol. The second kappa shape index (κ2) is 11.5. The summed E-state index contributed by atoms with van der Waals surface area (Å²) in [5, 5.41) is 6.25. The number of carbonyl (C=O) groups excluding carboxylic acids is 1. The van der Waals surface area contributed by atoms with Gasteiger partial charge in [-0.15, -0.1) is 0 Å². The maximum Gasteiger partial charge on any atom is 0.257 e. The Morgan fingerprint density at radius 1 is 1.11 bits per heavy atom. The third-order valence-corrected chi connectivity index (χ3v) is 6.40. The molecular weight excluding hydrogens is 494 g/mol. The predicted molar refractivity (Wildman–Crippen MR) is 149 cm³/mol. The Balaban J connectivity index is 1.46. The lowest BCUT2D eigenvalue weighted by Crippen LogP contribution is -2.34. The molecule has 3 aromatic carbocycles. The first kappa shape index (κ1) is 25.7. The van der Waals surface area contributed by atoms with Crippen molar-refractivity contribution < 1.29 is 13.9 Å². The van der Waals surface area contributed by atoms with Crippen molar-refractivity contribution in [3.05, 3.63) is 76.8 Å². The summed E-state index contributed by atoms with van der Waals surface area (Å²) in [5.74, 6) is 1.31. The summed E-state index contributed by atoms with van der Waals surface area (Å²) in [7, 11) is 0. The Labute approximate surface area is 221 Å². The molecule has 1 atom stereocenters. The Kier molecular flexibility index (Phi) is 8.23. The summed E-state index contributed by atoms with van der Waals surface area (Å²) in [6.45, 7) is 7.02. The molecule has 0 fully saturated rings. The fourth-order valence-electron chi connectivity index (χ4n) is 3.62. The molecule has 2 N–H and O–H groups in total. The maximum atomic E-state index is 12.6. The Hall–Kier alpha value is -3.42. The Morgan fingerprint density at radius 2 is 1.89 bits per heavy atom. The van der Waals surface area contributed by atoms with Gasteiger partial charge in [0.2, 0.25) is 5.89 Å². The third-order valence-electron chi connectivity index (χ3n) is 5.87. The smallest absolute Gasteiger partial charge is 0.257 e. The first-order valence-corrected chi connectivity index (χ1v) is 12.7. The van der Waals surface area contributed by atoms with Gasteiger partial charge in [0.1, 0.15) is 11.3 Å². The number of ether oxygens (including phenoxy) is 1. The van der Waals surface area contributed by atoms with Crippen LogP contribution in [0.2, 0.25) is 5.02 Å². The quantitative estimate of drug-likeness (QED) is 0.233. The van der Waals surface area contributed by atoms with E-state index in [9.17, 15) is 4.79 Å². The van der Waals surface area contributed by atoms with Gasteiger partial charge >= 0.3 is 0 Å². The number of hydrogen-bond acceptors (Lipinski definition) is 5. The number of halogens is 1. The van der Waals surface area contributed by atoms with Gasteiger partial charge in [-0.25, -0.2) is 4.98 Å². The van der Waals surface area contributed by atoms with Gasteiger partial charge in [0.25, 0.3) is 5.91 Å². The first-order chi connectivity index (χ1) is 17.4. The molecule has 0 aliphatic heterocycles. The van der Waals surface area contributed by atoms with Crippen LogP contribution in [-0.4, -0.2) is 22.6 Å². The molecule has 0 bridgehead atoms. The van der Waals surface area contributed by atoms with Gasteiger partial charge in [-0.3, -0.25) is 10.1 Å². The van der Waals surface area contributed by atoms with Crippen LogP contribution in [0.5, 0.6) is 5.75 Å². The van der Waals surface area contributed by atoms with Crippen molar-refractivity contribution >= 4 is 51.6 Å². The summed E-state index contributed by atoms with van der Waals surface area (Å²) >= 11 is 11.7. The summed E-state index contributed by atoms with van der Waals surface area (Å²) in [6.07, 6.45) is 1.97. The number of anilines is 1. The Morgan fingerprint density at radius 3 is 2.61 bits per heavy atom. The number of amides is 1. The molecule has 36 heavy (non-hydrogen) atoms. The molecule has 8 heteroatoms. The zero-order chi connectivity index (χ0) is 25.7. The van der Waals surface area contributed by atoms with Gasteiger partial charge in [-0.2, -0.15) is 0 Å². The van der Waals surface area contributed by atoms with E-state index in [0.29, 0.717) is 40.4 Å². The van der Waals surface area contributed by atoms with E-state index in [1.807, 2.05) is 19.1 Å². The number of benzene rings is 3. The van der Waals surface area contributed by atoms with E-state index in [2.05, 4.69) is 41.6 Å². The highest BCUT2D eigenvalue weighted by molar-refractivity contribution is 7.80. The summed E-state index contributed by atoms with van der Waals surface area (Å²) in [4.78, 5) is 17.3. The minimum atomic E-state index is -0.335. The number of hydrogen-bond donors (Lipinski definition) is 2. The molecule has 1 amide bonds. The minimum Gasteiger partial charge on any atom is -0.494 e. The highest BCUT2D eigenvalue weighted by atomic mass is 35.5. The van der Waals surface area contributed by atoms with Crippen LogP contribution in [0.25, 0.3) is 22.6 Å². The zero-order valence-corrected chi connectivity index (χ0v) is 22.0. The molecule has 6 nitrogen and oxygen atoms in total. The predicted octanol–water partition coefficient (Wildman–Crippen LogP) is 7.58. The van der Waals surface area contributed by atoms with Gasteiger partial charge < -0.3 is 14.5 Å². The second-order valence-electron chi connectivity index (χ2n) is 8.53. The molecule has 0 saturated carbocycles. The lowest BCUT2D eigenvalue weighted by Gasteiger charge is -2.12. The van der Waals surface area contributed by atoms with E-state index in [-0.39, 0.29) is 11.0 Å². The number of nitrogens with zero attached hydrogens (tertiary/aromatic N) is 1. The molecule has 4 rings (SSSR count). The van der Waals surface area contributed by atoms with E-state index in [1.54, 1.807) is 36.4 Å². The van der Waals surface area contributed by atoms with Gasteiger partial charge in [0.15, 0.2) is 10.7 Å². The summed E-state index contributed by atoms with van der Waals surface area (Å²) in [5.41, 5.74) is 4.49. The van der Waals surface area contributed by atoms with E-state index < -0.39 is 0 Å². The molecule has 1 unspecified atom stereocenters. The second-order valence-corrected chi connectivity index (χ2v) is 9.35. The fourth-order valence-corrected chi connectivity index (χ4v) is 3.98. The van der Waals surface area contributed by atoms with Crippen LogP contribution in [0.1, 0.15) is 55.5 Å². The van der Waals surface area contributed by atoms with Crippen LogP contribution in [0.4, 0.5) is 5.69 Å². The summed E-state index contributed by atoms with van der Waals surface area (Å²) in [6, 6.07) is 18.4. The van der Waals surface area contributed by atoms with Crippen molar-refractivity contribution in [3.63, 3.8) is 0 Å². The fraction of sp³-hybridized carbons (Fsp3) is 0.250. The highest BCUT2D eigenvalue weighted by Gasteiger charge is 2.14. The molecule has 186 valence electrons. The van der Waals surface area contributed by atoms with E-state index in [0.717, 1.165) is 29.5 Å². The maximum absolute atomic E-state index is 12.6. The van der Waals surface area contributed by atoms with Crippen LogP contribution in [-0.2, 0) is 0 Å². The van der Waals surface area contributed by atoms with Crippen LogP contribution in [0, 0.1) is 0 Å². The molecule has 0 saturated heterocycles. The number of oxazole rings is 1. The minimum absolute atomic E-state index is 0.126. The molecule has 1 heterocycles. The summed E-state index contributed by atoms with van der Waals surface area (Å²) < 4.78 is 11.5. The topological polar surface area (TPSA) is 76.4 Å². The molecular formula is C28H28ClN3O3S. The van der Waals surface area contributed by atoms with Crippen molar-refractivity contribution in [1.29, 1.82) is 0 Å². The standard InChI is InChI=1S/C28H28ClN3O3S/c1-4-14-34-21-10-6-18(7-11-21)26(33)32-28(36)31-23-16-20(8-12-22(23)29)27-30-24-15-19(17(3)5-2)9-13-25(24)35-27/h6-13,15-17H,4-5,14H2,1-3H3,(H2,31,32,33,36). The largest absolute Gasteiger partial charge is 0.494 e. The van der Waals surface area contributed by atoms with Gasteiger partial charge in [0, 0.05) is 11.1 Å². The van der Waals surface area contributed by atoms with Gasteiger partial charge in [0.05, 0.1) is 17.3 Å². The molecule has 0 aliphatic rings. The van der Waals surface area contributed by atoms with Crippen molar-refractivity contribution in [2.45, 2.75) is 39.5 Å². The molecule has 0 aliphatic carbocycles. The van der Waals surface area contributed by atoms with Crippen molar-refractivity contribution in [1.82, 2.24) is 10.3 Å². The van der Waals surface area contributed by atoms with Crippen LogP contribution in [0.15, 0.2) is 65.1 Å². The highest BCUT2D eigenvalue weighted by Crippen LogP contribution is 2.31. The SMILES string of the molecule is CCCOc1ccc(C(=O)NC(=S)Nc2cc(-c3nc4cc(C(C)CC)ccc4o3)ccc2Cl)cc1. The molecule has 1 aromatic heterocycles. The number of thiocarbonyl (C=S) groups is 1. The van der Waals surface area contributed by atoms with Gasteiger partial charge in [-0.05, 0) is 91.1 Å². The number of fused-ring (bicyclic) bond motifs is 1. The molecule has 0 spiro atoms. The molecule has 4 aromatic rings. The van der Waals surface area contributed by atoms with Crippen molar-refractivity contribution in [3.8, 4) is 17.2 Å². The first-order valence-electron chi connectivity index (χ1n) is 11.9. The third kappa shape index (κ3) is 6.04. The number of rotatable bonds is 8. The lowest BCUT2D eigenvalue weighted by atomic mass is 9.98. The average molecular weight is 522 g/mol. The average Bonchev–Trinajstić information content (AvgIpc) is 3.32. The zero-order valence-electron chi connectivity index (χ0n) is 20.4. The number of aromatic nitrogens is 1. The van der Waals surface area contributed by atoms with Crippen molar-refractivity contribution in [2.75, 3.05) is 11.9 Å². The Bertz CT molecular complexity index is 1380. The van der Waals surface area contributed by atoms with Crippen LogP contribution < -0.4 is 15.4 Å². The van der Waals surface area contributed by atoms with Crippen LogP contribution in [0.3, 0.4) is 0 Å². The molecule has 0 radical (unpaired) electrons. The van der Waals surface area contributed by atoms with E-state index in [4.69, 9.17) is 33.0 Å². The van der Waals surface area contributed by atoms with Crippen LogP contribution >= 0.6 is 23.8 Å². The van der Waals surface area contributed by atoms with E-state index >= 15 is 0 Å². The lowest BCUT2D eigenvalue weighted by molar-refractivity contribution is 0.0977. The van der Waals surface area contributed by atoms with Gasteiger partial charge in [-0.1, -0.05) is 38.4 Å². The van der Waals surface area contributed by atoms with Crippen molar-refractivity contribution in [2.24, 2.45) is 0 Å². The normalized spacial score (nSPS) is 11.8. The number of carbonyl (C=O) groups is 1.